The van der Waals surface area contributed by atoms with Crippen molar-refractivity contribution in [3.05, 3.63) is 0 Å². The van der Waals surface area contributed by atoms with Gasteiger partial charge in [-0.25, -0.2) is 0 Å². The van der Waals surface area contributed by atoms with Gasteiger partial charge >= 0.3 is 35.5 Å². The minimum atomic E-state index is -0.258. The van der Waals surface area contributed by atoms with E-state index in [-0.39, 0.29) is 47.3 Å². The van der Waals surface area contributed by atoms with Crippen molar-refractivity contribution in [1.82, 2.24) is 0 Å². The number of hydrogen-bond acceptors (Lipinski definition) is 3. The van der Waals surface area contributed by atoms with Crippen LogP contribution in [0, 0.1) is 0 Å². The van der Waals surface area contributed by atoms with E-state index in [1.807, 2.05) is 0 Å². The fraction of sp³-hybridized carbons (Fsp3) is 0.900. The Morgan fingerprint density at radius 1 is 1.33 bits per heavy atom. The van der Waals surface area contributed by atoms with E-state index in [2.05, 4.69) is 6.92 Å². The van der Waals surface area contributed by atoms with Crippen molar-refractivity contribution >= 4 is 47.1 Å². The summed E-state index contributed by atoms with van der Waals surface area (Å²) in [7, 11) is 0. The summed E-state index contributed by atoms with van der Waals surface area (Å²) in [6.07, 6.45) is 2.42. The second-order valence-corrected chi connectivity index (χ2v) is 3.92. The summed E-state index contributed by atoms with van der Waals surface area (Å²) < 4.78 is 10.1. The second-order valence-electron chi connectivity index (χ2n) is 3.17. The van der Waals surface area contributed by atoms with Gasteiger partial charge in [0.25, 0.3) is 0 Å². The minimum absolute atomic E-state index is 0. The van der Waals surface area contributed by atoms with Crippen LogP contribution < -0.4 is 0 Å². The molecular weight excluding hydrogens is 227 g/mol. The molecule has 0 bridgehead atoms. The van der Waals surface area contributed by atoms with E-state index in [1.165, 1.54) is 0 Å². The van der Waals surface area contributed by atoms with Gasteiger partial charge in [-0.1, -0.05) is 13.3 Å². The Labute approximate surface area is 119 Å². The molecule has 15 heavy (non-hydrogen) atoms. The van der Waals surface area contributed by atoms with Crippen molar-refractivity contribution in [2.45, 2.75) is 38.5 Å². The van der Waals surface area contributed by atoms with Gasteiger partial charge in [-0.15, -0.1) is 11.6 Å². The monoisotopic (exact) mass is 246 g/mol. The SMILES string of the molecule is CCCCOCCOC(=O)CC(C)Cl.[NaH]. The Hall–Kier alpha value is 0.720. The molecule has 5 heteroatoms. The maximum absolute atomic E-state index is 11.0. The molecule has 0 saturated heterocycles. The topological polar surface area (TPSA) is 35.5 Å². The van der Waals surface area contributed by atoms with Gasteiger partial charge in [0.2, 0.25) is 0 Å². The molecule has 0 spiro atoms. The van der Waals surface area contributed by atoms with Crippen molar-refractivity contribution < 1.29 is 14.3 Å². The molecule has 0 aliphatic heterocycles. The van der Waals surface area contributed by atoms with Crippen molar-refractivity contribution in [3.63, 3.8) is 0 Å². The molecule has 0 heterocycles. The Bertz CT molecular complexity index is 154. The fourth-order valence-corrected chi connectivity index (χ4v) is 0.977. The molecule has 86 valence electrons. The average molecular weight is 247 g/mol. The van der Waals surface area contributed by atoms with Gasteiger partial charge in [0.15, 0.2) is 0 Å². The zero-order valence-corrected chi connectivity index (χ0v) is 9.68. The molecule has 0 aromatic carbocycles. The standard InChI is InChI=1S/C10H19ClO3.Na.H/c1-3-4-5-13-6-7-14-10(12)8-9(2)11;;/h9H,3-8H2,1-2H3;;. The predicted octanol–water partition coefficient (Wildman–Crippen LogP) is 1.72. The number of carbonyl (C=O) groups is 1. The maximum atomic E-state index is 11.0. The van der Waals surface area contributed by atoms with Gasteiger partial charge in [0.1, 0.15) is 6.61 Å². The molecule has 0 amide bonds. The van der Waals surface area contributed by atoms with Crippen LogP contribution in [-0.4, -0.2) is 60.7 Å². The zero-order chi connectivity index (χ0) is 10.8. The Morgan fingerprint density at radius 2 is 2.00 bits per heavy atom. The quantitative estimate of drug-likeness (QED) is 0.283. The van der Waals surface area contributed by atoms with E-state index in [9.17, 15) is 4.79 Å². The number of hydrogen-bond donors (Lipinski definition) is 0. The third-order valence-corrected chi connectivity index (χ3v) is 1.74. The van der Waals surface area contributed by atoms with E-state index in [4.69, 9.17) is 21.1 Å². The zero-order valence-electron chi connectivity index (χ0n) is 8.92. The summed E-state index contributed by atoms with van der Waals surface area (Å²) in [5, 5.41) is -0.163. The number of halogens is 1. The van der Waals surface area contributed by atoms with Gasteiger partial charge in [0, 0.05) is 12.0 Å². The molecule has 0 saturated carbocycles. The van der Waals surface area contributed by atoms with Crippen LogP contribution in [-0.2, 0) is 14.3 Å². The molecule has 0 aliphatic rings. The first kappa shape index (κ1) is 18.1. The van der Waals surface area contributed by atoms with Crippen LogP contribution in [0.1, 0.15) is 33.1 Å². The molecule has 0 radical (unpaired) electrons. The Balaban J connectivity index is 0. The molecule has 0 aromatic heterocycles. The van der Waals surface area contributed by atoms with E-state index < -0.39 is 0 Å². The summed E-state index contributed by atoms with van der Waals surface area (Å²) >= 11 is 5.62. The van der Waals surface area contributed by atoms with Crippen LogP contribution in [0.15, 0.2) is 0 Å². The first-order chi connectivity index (χ1) is 6.66. The van der Waals surface area contributed by atoms with Crippen LogP contribution in [0.3, 0.4) is 0 Å². The fourth-order valence-electron chi connectivity index (χ4n) is 0.851. The molecule has 0 aliphatic carbocycles. The number of unbranched alkanes of at least 4 members (excludes halogenated alkanes) is 1. The molecule has 0 fully saturated rings. The summed E-state index contributed by atoms with van der Waals surface area (Å²) in [4.78, 5) is 11.0. The first-order valence-corrected chi connectivity index (χ1v) is 5.48. The second kappa shape index (κ2) is 12.8. The Morgan fingerprint density at radius 3 is 2.53 bits per heavy atom. The number of carbonyl (C=O) groups excluding carboxylic acids is 1. The van der Waals surface area contributed by atoms with E-state index in [0.717, 1.165) is 19.4 Å². The van der Waals surface area contributed by atoms with E-state index in [0.29, 0.717) is 13.2 Å². The summed E-state index contributed by atoms with van der Waals surface area (Å²) in [5.41, 5.74) is 0. The van der Waals surface area contributed by atoms with Crippen LogP contribution >= 0.6 is 11.6 Å². The summed E-state index contributed by atoms with van der Waals surface area (Å²) in [6.45, 7) is 5.40. The number of esters is 1. The van der Waals surface area contributed by atoms with E-state index >= 15 is 0 Å². The number of rotatable bonds is 8. The predicted molar refractivity (Wildman–Crippen MR) is 63.8 cm³/mol. The molecule has 0 aromatic rings. The van der Waals surface area contributed by atoms with E-state index in [1.54, 1.807) is 6.92 Å². The van der Waals surface area contributed by atoms with Crippen LogP contribution in [0.2, 0.25) is 0 Å². The molecule has 1 atom stereocenters. The molecule has 0 rings (SSSR count). The molecule has 1 unspecified atom stereocenters. The van der Waals surface area contributed by atoms with Crippen molar-refractivity contribution in [2.24, 2.45) is 0 Å². The normalized spacial score (nSPS) is 11.7. The van der Waals surface area contributed by atoms with Crippen molar-refractivity contribution in [2.75, 3.05) is 19.8 Å². The van der Waals surface area contributed by atoms with Gasteiger partial charge in [-0.2, -0.15) is 0 Å². The van der Waals surface area contributed by atoms with Crippen molar-refractivity contribution in [3.8, 4) is 0 Å². The van der Waals surface area contributed by atoms with Gasteiger partial charge in [0.05, 0.1) is 13.0 Å². The van der Waals surface area contributed by atoms with Crippen LogP contribution in [0.5, 0.6) is 0 Å². The third-order valence-electron chi connectivity index (χ3n) is 1.58. The number of alkyl halides is 1. The van der Waals surface area contributed by atoms with Crippen LogP contribution in [0.4, 0.5) is 0 Å². The van der Waals surface area contributed by atoms with Gasteiger partial charge in [-0.05, 0) is 13.3 Å². The summed E-state index contributed by atoms with van der Waals surface area (Å²) in [6, 6.07) is 0. The van der Waals surface area contributed by atoms with Crippen LogP contribution in [0.25, 0.3) is 0 Å². The molecule has 0 N–H and O–H groups in total. The van der Waals surface area contributed by atoms with Gasteiger partial charge < -0.3 is 9.47 Å². The van der Waals surface area contributed by atoms with Crippen molar-refractivity contribution in [1.29, 1.82) is 0 Å². The number of ether oxygens (including phenoxy) is 2. The summed E-state index contributed by atoms with van der Waals surface area (Å²) in [5.74, 6) is -0.258. The average Bonchev–Trinajstić information content (AvgIpc) is 2.10. The third kappa shape index (κ3) is 14.7. The first-order valence-electron chi connectivity index (χ1n) is 5.04. The Kier molecular flexibility index (Phi) is 15.4. The molecular formula is C10H20ClNaO3. The van der Waals surface area contributed by atoms with Gasteiger partial charge in [-0.3, -0.25) is 4.79 Å². The molecule has 3 nitrogen and oxygen atoms in total.